The Bertz CT molecular complexity index is 724. The van der Waals surface area contributed by atoms with Crippen LogP contribution in [0, 0.1) is 30.6 Å². The van der Waals surface area contributed by atoms with E-state index in [1.165, 1.54) is 32.1 Å². The van der Waals surface area contributed by atoms with Gasteiger partial charge < -0.3 is 10.2 Å². The van der Waals surface area contributed by atoms with Gasteiger partial charge in [0.1, 0.15) is 0 Å². The molecule has 0 aromatic carbocycles. The SMILES string of the molecule is Cc1c([C@@H]2[C@@H](CNC(=O)C3CCCCC3C3CC3)CC(=O)N2C)cnn1C. The Morgan fingerprint density at radius 1 is 1.22 bits per heavy atom. The Morgan fingerprint density at radius 3 is 2.63 bits per heavy atom. The van der Waals surface area contributed by atoms with Crippen molar-refractivity contribution >= 4 is 11.8 Å². The lowest BCUT2D eigenvalue weighted by Gasteiger charge is -2.31. The smallest absolute Gasteiger partial charge is 0.223 e. The summed E-state index contributed by atoms with van der Waals surface area (Å²) in [6, 6.07) is -0.00270. The fraction of sp³-hybridized carbons (Fsp3) is 0.762. The molecule has 3 fully saturated rings. The first-order valence-corrected chi connectivity index (χ1v) is 10.5. The van der Waals surface area contributed by atoms with Crippen molar-refractivity contribution in [2.24, 2.45) is 30.7 Å². The molecule has 148 valence electrons. The maximum Gasteiger partial charge on any atom is 0.223 e. The van der Waals surface area contributed by atoms with E-state index in [-0.39, 0.29) is 29.7 Å². The van der Waals surface area contributed by atoms with Gasteiger partial charge >= 0.3 is 0 Å². The molecule has 3 aliphatic rings. The van der Waals surface area contributed by atoms with Crippen LogP contribution >= 0.6 is 0 Å². The predicted molar refractivity (Wildman–Crippen MR) is 103 cm³/mol. The van der Waals surface area contributed by atoms with Gasteiger partial charge in [0.25, 0.3) is 0 Å². The number of aromatic nitrogens is 2. The molecule has 0 radical (unpaired) electrons. The Morgan fingerprint density at radius 2 is 1.96 bits per heavy atom. The summed E-state index contributed by atoms with van der Waals surface area (Å²) >= 11 is 0. The number of carbonyl (C=O) groups is 2. The quantitative estimate of drug-likeness (QED) is 0.864. The Hall–Kier alpha value is -1.85. The van der Waals surface area contributed by atoms with Gasteiger partial charge in [0.05, 0.1) is 12.2 Å². The second kappa shape index (κ2) is 7.28. The minimum Gasteiger partial charge on any atom is -0.355 e. The molecule has 2 heterocycles. The van der Waals surface area contributed by atoms with E-state index in [0.29, 0.717) is 18.9 Å². The minimum absolute atomic E-state index is 0.00270. The molecule has 1 aromatic heterocycles. The number of likely N-dealkylation sites (tertiary alicyclic amines) is 1. The van der Waals surface area contributed by atoms with E-state index < -0.39 is 0 Å². The molecule has 6 nitrogen and oxygen atoms in total. The fourth-order valence-corrected chi connectivity index (χ4v) is 5.34. The highest BCUT2D eigenvalue weighted by Gasteiger charge is 2.43. The molecule has 1 aliphatic heterocycles. The van der Waals surface area contributed by atoms with E-state index in [0.717, 1.165) is 23.6 Å². The van der Waals surface area contributed by atoms with E-state index in [1.807, 2.05) is 36.8 Å². The Balaban J connectivity index is 1.43. The van der Waals surface area contributed by atoms with Crippen LogP contribution in [0.1, 0.15) is 62.2 Å². The maximum atomic E-state index is 12.9. The van der Waals surface area contributed by atoms with Crippen LogP contribution < -0.4 is 5.32 Å². The van der Waals surface area contributed by atoms with Crippen LogP contribution in [0.15, 0.2) is 6.20 Å². The zero-order valence-electron chi connectivity index (χ0n) is 16.8. The van der Waals surface area contributed by atoms with Gasteiger partial charge in [-0.3, -0.25) is 14.3 Å². The van der Waals surface area contributed by atoms with Crippen molar-refractivity contribution in [1.82, 2.24) is 20.0 Å². The minimum atomic E-state index is -0.00270. The molecule has 6 heteroatoms. The highest BCUT2D eigenvalue weighted by atomic mass is 16.2. The van der Waals surface area contributed by atoms with Crippen LogP contribution in [0.3, 0.4) is 0 Å². The van der Waals surface area contributed by atoms with Crippen LogP contribution in [0.2, 0.25) is 0 Å². The van der Waals surface area contributed by atoms with Crippen molar-refractivity contribution < 1.29 is 9.59 Å². The summed E-state index contributed by atoms with van der Waals surface area (Å²) in [7, 11) is 3.79. The third kappa shape index (κ3) is 3.50. The molecule has 0 bridgehead atoms. The average molecular weight is 373 g/mol. The molecule has 2 amide bonds. The number of aryl methyl sites for hydroxylation is 1. The van der Waals surface area contributed by atoms with Crippen molar-refractivity contribution in [2.75, 3.05) is 13.6 Å². The average Bonchev–Trinajstić information content (AvgIpc) is 3.42. The van der Waals surface area contributed by atoms with Crippen molar-refractivity contribution in [2.45, 2.75) is 57.9 Å². The summed E-state index contributed by atoms with van der Waals surface area (Å²) in [5.74, 6) is 2.03. The first-order chi connectivity index (χ1) is 13.0. The molecule has 4 atom stereocenters. The number of nitrogens with zero attached hydrogens (tertiary/aromatic N) is 3. The molecular weight excluding hydrogens is 340 g/mol. The van der Waals surface area contributed by atoms with Gasteiger partial charge in [0, 0.05) is 50.2 Å². The molecule has 4 rings (SSSR count). The monoisotopic (exact) mass is 372 g/mol. The maximum absolute atomic E-state index is 12.9. The van der Waals surface area contributed by atoms with Crippen molar-refractivity contribution in [3.05, 3.63) is 17.5 Å². The number of nitrogens with one attached hydrogen (secondary N) is 1. The van der Waals surface area contributed by atoms with Gasteiger partial charge in [-0.2, -0.15) is 5.10 Å². The second-order valence-corrected chi connectivity index (χ2v) is 8.86. The standard InChI is InChI=1S/C21H32N4O2/c1-13-18(12-23-25(13)3)20-15(10-19(26)24(20)2)11-22-21(27)17-7-5-4-6-16(17)14-8-9-14/h12,14-17,20H,4-11H2,1-3H3,(H,22,27)/t15-,16?,17?,20+/m1/s1. The molecule has 2 unspecified atom stereocenters. The molecule has 1 aromatic rings. The number of carbonyl (C=O) groups excluding carboxylic acids is 2. The van der Waals surface area contributed by atoms with Crippen LogP contribution in [0.25, 0.3) is 0 Å². The van der Waals surface area contributed by atoms with Crippen molar-refractivity contribution in [1.29, 1.82) is 0 Å². The predicted octanol–water partition coefficient (Wildman–Crippen LogP) is 2.58. The molecule has 27 heavy (non-hydrogen) atoms. The zero-order valence-corrected chi connectivity index (χ0v) is 16.8. The van der Waals surface area contributed by atoms with E-state index in [1.54, 1.807) is 0 Å². The van der Waals surface area contributed by atoms with Crippen LogP contribution in [0.4, 0.5) is 0 Å². The van der Waals surface area contributed by atoms with Crippen molar-refractivity contribution in [3.63, 3.8) is 0 Å². The lowest BCUT2D eigenvalue weighted by Crippen LogP contribution is -2.40. The Labute approximate surface area is 161 Å². The van der Waals surface area contributed by atoms with Gasteiger partial charge in [0.15, 0.2) is 0 Å². The van der Waals surface area contributed by atoms with E-state index >= 15 is 0 Å². The number of amides is 2. The second-order valence-electron chi connectivity index (χ2n) is 8.86. The molecular formula is C21H32N4O2. The van der Waals surface area contributed by atoms with Crippen LogP contribution in [-0.4, -0.2) is 40.1 Å². The number of hydrogen-bond acceptors (Lipinski definition) is 3. The van der Waals surface area contributed by atoms with E-state index in [9.17, 15) is 9.59 Å². The summed E-state index contributed by atoms with van der Waals surface area (Å²) in [4.78, 5) is 27.1. The van der Waals surface area contributed by atoms with Gasteiger partial charge in [-0.25, -0.2) is 0 Å². The summed E-state index contributed by atoms with van der Waals surface area (Å²) in [5.41, 5.74) is 2.18. The normalized spacial score (nSPS) is 31.4. The zero-order chi connectivity index (χ0) is 19.1. The summed E-state index contributed by atoms with van der Waals surface area (Å²) in [6.45, 7) is 2.61. The van der Waals surface area contributed by atoms with Gasteiger partial charge in [-0.15, -0.1) is 0 Å². The number of rotatable bonds is 5. The van der Waals surface area contributed by atoms with E-state index in [2.05, 4.69) is 10.4 Å². The Kier molecular flexibility index (Phi) is 4.99. The number of hydrogen-bond donors (Lipinski definition) is 1. The van der Waals surface area contributed by atoms with Crippen molar-refractivity contribution in [3.8, 4) is 0 Å². The lowest BCUT2D eigenvalue weighted by molar-refractivity contribution is -0.129. The lowest BCUT2D eigenvalue weighted by atomic mass is 9.76. The summed E-state index contributed by atoms with van der Waals surface area (Å²) in [5, 5.41) is 7.58. The highest BCUT2D eigenvalue weighted by Crippen LogP contribution is 2.47. The first kappa shape index (κ1) is 18.5. The van der Waals surface area contributed by atoms with Gasteiger partial charge in [-0.05, 0) is 44.4 Å². The molecule has 0 spiro atoms. The molecule has 2 saturated carbocycles. The largest absolute Gasteiger partial charge is 0.355 e. The summed E-state index contributed by atoms with van der Waals surface area (Å²) < 4.78 is 1.85. The van der Waals surface area contributed by atoms with Crippen LogP contribution in [-0.2, 0) is 16.6 Å². The van der Waals surface area contributed by atoms with Gasteiger partial charge in [-0.1, -0.05) is 12.8 Å². The first-order valence-electron chi connectivity index (χ1n) is 10.5. The molecule has 1 N–H and O–H groups in total. The topological polar surface area (TPSA) is 67.2 Å². The third-order valence-electron chi connectivity index (χ3n) is 7.21. The van der Waals surface area contributed by atoms with Crippen LogP contribution in [0.5, 0.6) is 0 Å². The summed E-state index contributed by atoms with van der Waals surface area (Å²) in [6.07, 6.45) is 9.66. The molecule has 2 aliphatic carbocycles. The van der Waals surface area contributed by atoms with Gasteiger partial charge in [0.2, 0.25) is 11.8 Å². The third-order valence-corrected chi connectivity index (χ3v) is 7.21. The highest BCUT2D eigenvalue weighted by molar-refractivity contribution is 5.81. The molecule has 1 saturated heterocycles. The fourth-order valence-electron chi connectivity index (χ4n) is 5.34. The van der Waals surface area contributed by atoms with E-state index in [4.69, 9.17) is 0 Å².